The van der Waals surface area contributed by atoms with Crippen molar-refractivity contribution in [3.8, 4) is 0 Å². The van der Waals surface area contributed by atoms with Crippen LogP contribution in [0.3, 0.4) is 0 Å². The maximum atomic E-state index is 10.6. The number of rotatable bonds is 3. The Labute approximate surface area is 89.2 Å². The first kappa shape index (κ1) is 9.99. The second kappa shape index (κ2) is 3.91. The van der Waals surface area contributed by atoms with Crippen molar-refractivity contribution >= 4 is 0 Å². The number of benzene rings is 1. The SMILES string of the molecule is CCC(O)(c1ccccc1)c1ccco1. The van der Waals surface area contributed by atoms with E-state index < -0.39 is 5.60 Å². The topological polar surface area (TPSA) is 33.4 Å². The lowest BCUT2D eigenvalue weighted by Crippen LogP contribution is -2.25. The fraction of sp³-hybridized carbons (Fsp3) is 0.231. The summed E-state index contributed by atoms with van der Waals surface area (Å²) in [6.07, 6.45) is 2.17. The van der Waals surface area contributed by atoms with Gasteiger partial charge in [0.05, 0.1) is 6.26 Å². The van der Waals surface area contributed by atoms with Gasteiger partial charge in [0.1, 0.15) is 11.4 Å². The van der Waals surface area contributed by atoms with Gasteiger partial charge in [-0.3, -0.25) is 0 Å². The summed E-state index contributed by atoms with van der Waals surface area (Å²) in [5, 5.41) is 10.6. The number of aliphatic hydroxyl groups is 1. The first-order chi connectivity index (χ1) is 7.27. The van der Waals surface area contributed by atoms with E-state index in [0.717, 1.165) is 5.56 Å². The van der Waals surface area contributed by atoms with Crippen molar-refractivity contribution in [2.24, 2.45) is 0 Å². The molecule has 2 rings (SSSR count). The Morgan fingerprint density at radius 2 is 1.87 bits per heavy atom. The van der Waals surface area contributed by atoms with E-state index in [1.165, 1.54) is 0 Å². The van der Waals surface area contributed by atoms with Crippen LogP contribution in [-0.2, 0) is 5.60 Å². The normalized spacial score (nSPS) is 14.8. The molecule has 2 aromatic rings. The summed E-state index contributed by atoms with van der Waals surface area (Å²) in [5.74, 6) is 0.594. The first-order valence-corrected chi connectivity index (χ1v) is 5.09. The van der Waals surface area contributed by atoms with Crippen LogP contribution in [0.25, 0.3) is 0 Å². The standard InChI is InChI=1S/C13H14O2/c1-2-13(14,12-9-6-10-15-12)11-7-4-3-5-8-11/h3-10,14H,2H2,1H3. The van der Waals surface area contributed by atoms with Crippen LogP contribution in [0.2, 0.25) is 0 Å². The average molecular weight is 202 g/mol. The summed E-state index contributed by atoms with van der Waals surface area (Å²) in [4.78, 5) is 0. The summed E-state index contributed by atoms with van der Waals surface area (Å²) in [6.45, 7) is 1.94. The maximum Gasteiger partial charge on any atom is 0.147 e. The van der Waals surface area contributed by atoms with Crippen LogP contribution in [0, 0.1) is 0 Å². The molecule has 1 unspecified atom stereocenters. The molecule has 2 nitrogen and oxygen atoms in total. The fourth-order valence-electron chi connectivity index (χ4n) is 1.75. The third kappa shape index (κ3) is 1.68. The summed E-state index contributed by atoms with van der Waals surface area (Å²) < 4.78 is 5.29. The van der Waals surface area contributed by atoms with Gasteiger partial charge in [-0.1, -0.05) is 37.3 Å². The minimum atomic E-state index is -1.01. The van der Waals surface area contributed by atoms with E-state index in [-0.39, 0.29) is 0 Å². The van der Waals surface area contributed by atoms with Gasteiger partial charge in [0.15, 0.2) is 0 Å². The van der Waals surface area contributed by atoms with E-state index in [0.29, 0.717) is 12.2 Å². The van der Waals surface area contributed by atoms with Crippen molar-refractivity contribution in [2.75, 3.05) is 0 Å². The molecule has 2 heteroatoms. The summed E-state index contributed by atoms with van der Waals surface area (Å²) >= 11 is 0. The molecule has 1 aromatic heterocycles. The molecule has 0 spiro atoms. The highest BCUT2D eigenvalue weighted by Gasteiger charge is 2.31. The van der Waals surface area contributed by atoms with Crippen molar-refractivity contribution in [1.82, 2.24) is 0 Å². The van der Waals surface area contributed by atoms with Gasteiger partial charge < -0.3 is 9.52 Å². The Balaban J connectivity index is 2.47. The smallest absolute Gasteiger partial charge is 0.147 e. The lowest BCUT2D eigenvalue weighted by molar-refractivity contribution is 0.0527. The van der Waals surface area contributed by atoms with E-state index in [9.17, 15) is 5.11 Å². The molecule has 1 heterocycles. The average Bonchev–Trinajstić information content (AvgIpc) is 2.83. The Morgan fingerprint density at radius 3 is 2.40 bits per heavy atom. The highest BCUT2D eigenvalue weighted by molar-refractivity contribution is 5.30. The van der Waals surface area contributed by atoms with Crippen LogP contribution in [0.1, 0.15) is 24.7 Å². The van der Waals surface area contributed by atoms with Crippen molar-refractivity contribution in [3.63, 3.8) is 0 Å². The fourth-order valence-corrected chi connectivity index (χ4v) is 1.75. The van der Waals surface area contributed by atoms with Crippen LogP contribution >= 0.6 is 0 Å². The summed E-state index contributed by atoms with van der Waals surface area (Å²) in [7, 11) is 0. The van der Waals surface area contributed by atoms with Gasteiger partial charge in [-0.15, -0.1) is 0 Å². The summed E-state index contributed by atoms with van der Waals surface area (Å²) in [6, 6.07) is 13.2. The molecule has 1 N–H and O–H groups in total. The molecule has 0 fully saturated rings. The second-order valence-corrected chi connectivity index (χ2v) is 3.56. The molecule has 0 amide bonds. The zero-order chi connectivity index (χ0) is 10.7. The third-order valence-electron chi connectivity index (χ3n) is 2.69. The lowest BCUT2D eigenvalue weighted by Gasteiger charge is -2.24. The molecular weight excluding hydrogens is 188 g/mol. The zero-order valence-corrected chi connectivity index (χ0v) is 8.68. The van der Waals surface area contributed by atoms with E-state index in [2.05, 4.69) is 0 Å². The van der Waals surface area contributed by atoms with E-state index in [1.807, 2.05) is 37.3 Å². The van der Waals surface area contributed by atoms with Gasteiger partial charge in [-0.05, 0) is 24.1 Å². The van der Waals surface area contributed by atoms with Crippen LogP contribution in [0.15, 0.2) is 53.1 Å². The molecule has 78 valence electrons. The van der Waals surface area contributed by atoms with E-state index in [4.69, 9.17) is 4.42 Å². The molecule has 0 aliphatic heterocycles. The zero-order valence-electron chi connectivity index (χ0n) is 8.68. The van der Waals surface area contributed by atoms with Gasteiger partial charge in [-0.25, -0.2) is 0 Å². The van der Waals surface area contributed by atoms with Gasteiger partial charge in [0.2, 0.25) is 0 Å². The van der Waals surface area contributed by atoms with Crippen molar-refractivity contribution in [3.05, 3.63) is 60.1 Å². The van der Waals surface area contributed by atoms with Crippen LogP contribution in [0.5, 0.6) is 0 Å². The molecule has 15 heavy (non-hydrogen) atoms. The molecule has 0 saturated carbocycles. The number of hydrogen-bond donors (Lipinski definition) is 1. The molecule has 1 aromatic carbocycles. The van der Waals surface area contributed by atoms with E-state index in [1.54, 1.807) is 18.4 Å². The highest BCUT2D eigenvalue weighted by atomic mass is 16.4. The lowest BCUT2D eigenvalue weighted by atomic mass is 9.89. The molecule has 0 aliphatic rings. The Morgan fingerprint density at radius 1 is 1.13 bits per heavy atom. The van der Waals surface area contributed by atoms with Gasteiger partial charge in [0.25, 0.3) is 0 Å². The van der Waals surface area contributed by atoms with Crippen molar-refractivity contribution in [2.45, 2.75) is 18.9 Å². The molecule has 1 atom stereocenters. The molecule has 0 aliphatic carbocycles. The Bertz CT molecular complexity index is 405. The number of furan rings is 1. The third-order valence-corrected chi connectivity index (χ3v) is 2.69. The van der Waals surface area contributed by atoms with Gasteiger partial charge in [-0.2, -0.15) is 0 Å². The summed E-state index contributed by atoms with van der Waals surface area (Å²) in [5.41, 5.74) is -0.146. The number of hydrogen-bond acceptors (Lipinski definition) is 2. The molecule has 0 radical (unpaired) electrons. The van der Waals surface area contributed by atoms with Crippen LogP contribution in [-0.4, -0.2) is 5.11 Å². The Kier molecular flexibility index (Phi) is 2.60. The minimum Gasteiger partial charge on any atom is -0.466 e. The molecule has 0 bridgehead atoms. The Hall–Kier alpha value is -1.54. The minimum absolute atomic E-state index is 0.588. The molecule has 0 saturated heterocycles. The largest absolute Gasteiger partial charge is 0.466 e. The first-order valence-electron chi connectivity index (χ1n) is 5.09. The molecular formula is C13H14O2. The van der Waals surface area contributed by atoms with Gasteiger partial charge in [0, 0.05) is 0 Å². The van der Waals surface area contributed by atoms with Gasteiger partial charge >= 0.3 is 0 Å². The van der Waals surface area contributed by atoms with Crippen LogP contribution in [0.4, 0.5) is 0 Å². The van der Waals surface area contributed by atoms with Crippen LogP contribution < -0.4 is 0 Å². The second-order valence-electron chi connectivity index (χ2n) is 3.56. The monoisotopic (exact) mass is 202 g/mol. The van der Waals surface area contributed by atoms with Crippen molar-refractivity contribution < 1.29 is 9.52 Å². The quantitative estimate of drug-likeness (QED) is 0.830. The van der Waals surface area contributed by atoms with Crippen molar-refractivity contribution in [1.29, 1.82) is 0 Å². The predicted molar refractivity (Wildman–Crippen MR) is 58.4 cm³/mol. The predicted octanol–water partition coefficient (Wildman–Crippen LogP) is 2.93. The van der Waals surface area contributed by atoms with E-state index >= 15 is 0 Å². The maximum absolute atomic E-state index is 10.6. The highest BCUT2D eigenvalue weighted by Crippen LogP contribution is 2.32.